The van der Waals surface area contributed by atoms with Crippen LogP contribution in [0.5, 0.6) is 0 Å². The molecule has 0 fully saturated rings. The minimum Gasteiger partial charge on any atom is -0.307 e. The van der Waals surface area contributed by atoms with Crippen molar-refractivity contribution in [3.8, 4) is 40.5 Å². The van der Waals surface area contributed by atoms with Gasteiger partial charge in [0.25, 0.3) is 0 Å². The average Bonchev–Trinajstić information content (AvgIpc) is 1.50. The zero-order valence-electron chi connectivity index (χ0n) is 49.2. The lowest BCUT2D eigenvalue weighted by Crippen LogP contribution is -2.17. The number of para-hydroxylation sites is 8. The van der Waals surface area contributed by atoms with Crippen molar-refractivity contribution in [2.24, 2.45) is 0 Å². The third-order valence-electron chi connectivity index (χ3n) is 19.1. The first-order chi connectivity index (χ1) is 45.9. The van der Waals surface area contributed by atoms with Crippen LogP contribution in [0.3, 0.4) is 0 Å². The van der Waals surface area contributed by atoms with Crippen molar-refractivity contribution in [2.75, 3.05) is 0 Å². The van der Waals surface area contributed by atoms with Crippen LogP contribution in [0.15, 0.2) is 267 Å². The molecule has 0 aliphatic rings. The van der Waals surface area contributed by atoms with E-state index in [0.29, 0.717) is 54.6 Å². The molecule has 446 valence electrons. The summed E-state index contributed by atoms with van der Waals surface area (Å²) >= 11 is 0. The highest BCUT2D eigenvalue weighted by molar-refractivity contribution is 6.26. The summed E-state index contributed by atoms with van der Waals surface area (Å²) in [6.45, 7) is 0. The van der Waals surface area contributed by atoms with Crippen LogP contribution in [0.2, 0.25) is 0 Å². The summed E-state index contributed by atoms with van der Waals surface area (Å²) < 4.78 is 106. The van der Waals surface area contributed by atoms with E-state index in [4.69, 9.17) is 4.98 Å². The second-order valence-corrected chi connectivity index (χ2v) is 23.9. The minimum atomic E-state index is -4.80. The van der Waals surface area contributed by atoms with Gasteiger partial charge in [-0.1, -0.05) is 182 Å². The number of nitrogens with zero attached hydrogens (tertiary/aromatic N) is 8. The van der Waals surface area contributed by atoms with Crippen molar-refractivity contribution >= 4 is 131 Å². The van der Waals surface area contributed by atoms with E-state index < -0.39 is 23.5 Å². The second-order valence-electron chi connectivity index (χ2n) is 23.9. The van der Waals surface area contributed by atoms with Crippen molar-refractivity contribution in [2.45, 2.75) is 12.4 Å². The molecule has 0 radical (unpaired) electrons. The lowest BCUT2D eigenvalue weighted by molar-refractivity contribution is -0.138. The van der Waals surface area contributed by atoms with Crippen LogP contribution in [-0.4, -0.2) is 32.4 Å². The van der Waals surface area contributed by atoms with Crippen molar-refractivity contribution in [1.29, 1.82) is 5.26 Å². The highest BCUT2D eigenvalue weighted by Crippen LogP contribution is 2.50. The Morgan fingerprint density at radius 1 is 0.266 bits per heavy atom. The van der Waals surface area contributed by atoms with Crippen LogP contribution in [0.25, 0.3) is 165 Å². The van der Waals surface area contributed by atoms with E-state index in [0.717, 1.165) is 101 Å². The number of aromatic nitrogens is 7. The number of nitriles is 1. The normalized spacial score (nSPS) is 12.6. The molecule has 0 aliphatic carbocycles. The molecule has 7 aromatic heterocycles. The van der Waals surface area contributed by atoms with E-state index in [2.05, 4.69) is 63.7 Å². The van der Waals surface area contributed by atoms with E-state index in [1.54, 1.807) is 9.13 Å². The third kappa shape index (κ3) is 7.31. The van der Waals surface area contributed by atoms with Crippen molar-refractivity contribution < 1.29 is 26.3 Å². The fraction of sp³-hybridized carbons (Fsp3) is 0.0250. The molecule has 0 atom stereocenters. The second kappa shape index (κ2) is 19.3. The highest BCUT2D eigenvalue weighted by atomic mass is 19.4. The quantitative estimate of drug-likeness (QED) is 0.156. The Morgan fingerprint density at radius 3 is 0.947 bits per heavy atom. The van der Waals surface area contributed by atoms with E-state index in [1.165, 1.54) is 12.1 Å². The molecule has 12 aromatic carbocycles. The van der Waals surface area contributed by atoms with E-state index >= 15 is 26.3 Å². The van der Waals surface area contributed by atoms with Crippen molar-refractivity contribution in [3.05, 3.63) is 284 Å². The van der Waals surface area contributed by atoms with Crippen molar-refractivity contribution in [1.82, 2.24) is 32.4 Å². The van der Waals surface area contributed by atoms with Gasteiger partial charge >= 0.3 is 12.4 Å². The number of halogens is 6. The number of benzene rings is 12. The number of alkyl halides is 6. The molecule has 7 heterocycles. The molecule has 0 amide bonds. The first kappa shape index (κ1) is 53.5. The summed E-state index contributed by atoms with van der Waals surface area (Å²) in [4.78, 5) is 6.15. The summed E-state index contributed by atoms with van der Waals surface area (Å²) in [7, 11) is 0. The van der Waals surface area contributed by atoms with Crippen LogP contribution in [0.4, 0.5) is 26.3 Å². The molecule has 94 heavy (non-hydrogen) atoms. The molecule has 8 nitrogen and oxygen atoms in total. The van der Waals surface area contributed by atoms with Crippen LogP contribution in [-0.2, 0) is 12.4 Å². The van der Waals surface area contributed by atoms with Gasteiger partial charge in [0.05, 0.1) is 77.3 Å². The Labute approximate surface area is 528 Å². The number of rotatable bonds is 6. The van der Waals surface area contributed by atoms with Crippen molar-refractivity contribution in [3.63, 3.8) is 0 Å². The maximum absolute atomic E-state index is 15.6. The number of hydrogen-bond acceptors (Lipinski definition) is 2. The Balaban J connectivity index is 1.13. The average molecular weight is 1230 g/mol. The van der Waals surface area contributed by atoms with Gasteiger partial charge in [0.15, 0.2) is 11.6 Å². The Morgan fingerprint density at radius 2 is 0.543 bits per heavy atom. The maximum Gasteiger partial charge on any atom is 0.416 e. The molecule has 0 N–H and O–H groups in total. The smallest absolute Gasteiger partial charge is 0.307 e. The maximum atomic E-state index is 15.6. The summed E-state index contributed by atoms with van der Waals surface area (Å²) in [5.41, 5.74) is 7.21. The van der Waals surface area contributed by atoms with Gasteiger partial charge in [-0.25, -0.2) is 4.98 Å². The SMILES string of the molecule is N#Cc1c(-n2c3ccccc3c3ccc(C(F)(F)F)cc32)c(-n2c3ccccc3c3ccc4c5ccccc5n(-c5ccccc5)c4c32)nc(-n2c3ccccc3c3ccc(C(F)(F)F)cc32)c1-n1c2ccccc2c2ccc3c4ccccc4n(-c4ccccc4)c3c21. The van der Waals surface area contributed by atoms with Gasteiger partial charge in [0.2, 0.25) is 0 Å². The molecule has 0 unspecified atom stereocenters. The molecular weight excluding hydrogens is 1190 g/mol. The molecule has 0 saturated heterocycles. The fourth-order valence-electron chi connectivity index (χ4n) is 15.3. The Kier molecular flexibility index (Phi) is 11.0. The van der Waals surface area contributed by atoms with Gasteiger partial charge in [-0.2, -0.15) is 31.6 Å². The first-order valence-corrected chi connectivity index (χ1v) is 30.7. The van der Waals surface area contributed by atoms with Crippen LogP contribution >= 0.6 is 0 Å². The molecule has 0 bridgehead atoms. The number of pyridine rings is 1. The summed E-state index contributed by atoms with van der Waals surface area (Å²) in [5.74, 6) is 0.183. The molecule has 14 heteroatoms. The number of fused-ring (bicyclic) bond motifs is 20. The zero-order valence-corrected chi connectivity index (χ0v) is 49.2. The summed E-state index contributed by atoms with van der Waals surface area (Å²) in [5, 5.41) is 22.2. The minimum absolute atomic E-state index is 0.0401. The Bertz CT molecular complexity index is 6530. The first-order valence-electron chi connectivity index (χ1n) is 30.7. The third-order valence-corrected chi connectivity index (χ3v) is 19.1. The summed E-state index contributed by atoms with van der Waals surface area (Å²) in [6, 6.07) is 85.2. The fourth-order valence-corrected chi connectivity index (χ4v) is 15.3. The van der Waals surface area contributed by atoms with Gasteiger partial charge in [-0.15, -0.1) is 0 Å². The van der Waals surface area contributed by atoms with Gasteiger partial charge in [0, 0.05) is 76.0 Å². The molecule has 19 rings (SSSR count). The standard InChI is InChI=1S/C80H44F6N8/c81-79(82,83)46-35-37-56-50-23-7-15-31-65(50)91(69(56)43-46)75-62(45-87)76(93-67-33-17-11-27-54(67)60-41-39-58-52-25-9-13-29-63(52)89(71(58)73(60)93)48-19-3-1-4-20-48)77(92-66-32-16-8-24-51(66)57-38-36-47(44-70(57)92)80(84,85)86)88-78(75)94-68-34-18-12-28-55(68)61-42-40-59-53-26-10-14-30-64(53)90(72(59)74(61)94)49-21-5-2-6-22-49/h1-44H. The lowest BCUT2D eigenvalue weighted by Gasteiger charge is -2.24. The molecule has 0 aliphatic heterocycles. The molecule has 19 aromatic rings. The van der Waals surface area contributed by atoms with Crippen LogP contribution in [0, 0.1) is 11.3 Å². The Hall–Kier alpha value is -12.3. The summed E-state index contributed by atoms with van der Waals surface area (Å²) in [6.07, 6.45) is -9.59. The predicted octanol–water partition coefficient (Wildman–Crippen LogP) is 21.6. The zero-order chi connectivity index (χ0) is 63.0. The number of hydrogen-bond donors (Lipinski definition) is 0. The largest absolute Gasteiger partial charge is 0.416 e. The molecular formula is C80H44F6N8. The van der Waals surface area contributed by atoms with Gasteiger partial charge in [0.1, 0.15) is 23.0 Å². The van der Waals surface area contributed by atoms with Crippen LogP contribution < -0.4 is 0 Å². The van der Waals surface area contributed by atoms with Gasteiger partial charge < -0.3 is 18.3 Å². The molecule has 0 saturated carbocycles. The van der Waals surface area contributed by atoms with Crippen LogP contribution in [0.1, 0.15) is 16.7 Å². The van der Waals surface area contributed by atoms with E-state index in [-0.39, 0.29) is 39.6 Å². The van der Waals surface area contributed by atoms with Gasteiger partial charge in [-0.05, 0) is 84.9 Å². The van der Waals surface area contributed by atoms with E-state index in [9.17, 15) is 5.26 Å². The van der Waals surface area contributed by atoms with Gasteiger partial charge in [-0.3, -0.25) is 9.13 Å². The monoisotopic (exact) mass is 1230 g/mol. The predicted molar refractivity (Wildman–Crippen MR) is 365 cm³/mol. The highest BCUT2D eigenvalue weighted by Gasteiger charge is 2.37. The molecule has 0 spiro atoms. The topological polar surface area (TPSA) is 66.3 Å². The van der Waals surface area contributed by atoms with E-state index in [1.807, 2.05) is 191 Å². The lowest BCUT2D eigenvalue weighted by atomic mass is 10.1.